The van der Waals surface area contributed by atoms with Crippen molar-refractivity contribution in [2.45, 2.75) is 25.9 Å². The van der Waals surface area contributed by atoms with Crippen molar-refractivity contribution in [2.75, 3.05) is 6.61 Å². The van der Waals surface area contributed by atoms with Crippen LogP contribution in [-0.4, -0.2) is 12.6 Å². The highest BCUT2D eigenvalue weighted by Gasteiger charge is 2.31. The molecule has 0 spiro atoms. The van der Waals surface area contributed by atoms with E-state index in [4.69, 9.17) is 16.3 Å². The summed E-state index contributed by atoms with van der Waals surface area (Å²) in [6.45, 7) is 3.40. The summed E-state index contributed by atoms with van der Waals surface area (Å²) in [5, 5.41) is -0.0922. The maximum atomic E-state index is 12.4. The molecule has 18 heavy (non-hydrogen) atoms. The molecular weight excluding hydrogens is 269 g/mol. The van der Waals surface area contributed by atoms with Gasteiger partial charge in [0.1, 0.15) is 0 Å². The van der Waals surface area contributed by atoms with Crippen molar-refractivity contribution in [2.24, 2.45) is 0 Å². The predicted molar refractivity (Wildman–Crippen MR) is 61.5 cm³/mol. The van der Waals surface area contributed by atoms with Crippen LogP contribution in [0.25, 0.3) is 0 Å². The maximum absolute atomic E-state index is 12.4. The van der Waals surface area contributed by atoms with Gasteiger partial charge in [0, 0.05) is 5.02 Å². The van der Waals surface area contributed by atoms with Crippen molar-refractivity contribution < 1.29 is 22.7 Å². The minimum atomic E-state index is -4.45. The maximum Gasteiger partial charge on any atom is 0.416 e. The lowest BCUT2D eigenvalue weighted by molar-refractivity contribution is -0.144. The molecule has 0 aliphatic heterocycles. The third-order valence-electron chi connectivity index (χ3n) is 2.43. The van der Waals surface area contributed by atoms with Gasteiger partial charge in [-0.25, -0.2) is 0 Å². The van der Waals surface area contributed by atoms with Crippen LogP contribution in [0, 0.1) is 0 Å². The van der Waals surface area contributed by atoms with E-state index in [-0.39, 0.29) is 11.6 Å². The van der Waals surface area contributed by atoms with Gasteiger partial charge in [-0.05, 0) is 31.5 Å². The number of hydrogen-bond acceptors (Lipinski definition) is 2. The molecule has 1 unspecified atom stereocenters. The lowest BCUT2D eigenvalue weighted by atomic mass is 9.99. The second-order valence-corrected chi connectivity index (χ2v) is 4.11. The first-order chi connectivity index (χ1) is 8.27. The van der Waals surface area contributed by atoms with Crippen LogP contribution in [0.2, 0.25) is 5.02 Å². The molecule has 1 aromatic rings. The fourth-order valence-electron chi connectivity index (χ4n) is 1.45. The summed E-state index contributed by atoms with van der Waals surface area (Å²) in [6.07, 6.45) is -4.45. The molecule has 100 valence electrons. The second kappa shape index (κ2) is 5.61. The Morgan fingerprint density at radius 2 is 2.06 bits per heavy atom. The minimum absolute atomic E-state index is 0.0922. The Morgan fingerprint density at radius 3 is 2.50 bits per heavy atom. The highest BCUT2D eigenvalue weighted by atomic mass is 35.5. The van der Waals surface area contributed by atoms with E-state index in [0.717, 1.165) is 12.1 Å². The normalized spacial score (nSPS) is 13.2. The van der Waals surface area contributed by atoms with E-state index >= 15 is 0 Å². The molecular formula is C12H12ClF3O2. The van der Waals surface area contributed by atoms with Gasteiger partial charge in [-0.1, -0.05) is 17.7 Å². The average Bonchev–Trinajstić information content (AvgIpc) is 2.27. The van der Waals surface area contributed by atoms with E-state index in [0.29, 0.717) is 5.56 Å². The molecule has 0 aliphatic carbocycles. The molecule has 0 aliphatic rings. The van der Waals surface area contributed by atoms with Crippen molar-refractivity contribution in [3.05, 3.63) is 34.3 Å². The van der Waals surface area contributed by atoms with Crippen LogP contribution < -0.4 is 0 Å². The number of halogens is 4. The largest absolute Gasteiger partial charge is 0.466 e. The standard InChI is InChI=1S/C12H12ClF3O2/c1-3-18-11(17)7(2)9-5-4-8(6-10(9)13)12(14,15)16/h4-7H,3H2,1-2H3. The summed E-state index contributed by atoms with van der Waals surface area (Å²) >= 11 is 5.77. The molecule has 6 heteroatoms. The van der Waals surface area contributed by atoms with Crippen LogP contribution >= 0.6 is 11.6 Å². The van der Waals surface area contributed by atoms with Gasteiger partial charge in [-0.3, -0.25) is 4.79 Å². The Morgan fingerprint density at radius 1 is 1.44 bits per heavy atom. The van der Waals surface area contributed by atoms with Crippen molar-refractivity contribution in [3.8, 4) is 0 Å². The number of benzene rings is 1. The zero-order valence-corrected chi connectivity index (χ0v) is 10.6. The highest BCUT2D eigenvalue weighted by molar-refractivity contribution is 6.31. The van der Waals surface area contributed by atoms with Crippen LogP contribution in [0.15, 0.2) is 18.2 Å². The summed E-state index contributed by atoms with van der Waals surface area (Å²) in [7, 11) is 0. The first-order valence-corrected chi connectivity index (χ1v) is 5.68. The van der Waals surface area contributed by atoms with Crippen LogP contribution in [0.1, 0.15) is 30.9 Å². The van der Waals surface area contributed by atoms with Gasteiger partial charge in [0.2, 0.25) is 0 Å². The molecule has 0 fully saturated rings. The second-order valence-electron chi connectivity index (χ2n) is 3.71. The van der Waals surface area contributed by atoms with Gasteiger partial charge in [0.05, 0.1) is 18.1 Å². The van der Waals surface area contributed by atoms with Crippen LogP contribution in [0.4, 0.5) is 13.2 Å². The molecule has 0 N–H and O–H groups in total. The van der Waals surface area contributed by atoms with Crippen molar-refractivity contribution in [1.82, 2.24) is 0 Å². The van der Waals surface area contributed by atoms with Gasteiger partial charge < -0.3 is 4.74 Å². The molecule has 0 amide bonds. The summed E-state index contributed by atoms with van der Waals surface area (Å²) in [4.78, 5) is 11.5. The molecule has 2 nitrogen and oxygen atoms in total. The zero-order chi connectivity index (χ0) is 13.9. The van der Waals surface area contributed by atoms with Gasteiger partial charge in [-0.15, -0.1) is 0 Å². The van der Waals surface area contributed by atoms with E-state index in [1.165, 1.54) is 13.0 Å². The van der Waals surface area contributed by atoms with Gasteiger partial charge in [-0.2, -0.15) is 13.2 Å². The molecule has 0 saturated heterocycles. The molecule has 0 aromatic heterocycles. The van der Waals surface area contributed by atoms with Crippen LogP contribution in [0.5, 0.6) is 0 Å². The zero-order valence-electron chi connectivity index (χ0n) is 9.84. The number of carbonyl (C=O) groups is 1. The summed E-state index contributed by atoms with van der Waals surface area (Å²) < 4.78 is 42.1. The molecule has 1 rings (SSSR count). The quantitative estimate of drug-likeness (QED) is 0.782. The van der Waals surface area contributed by atoms with E-state index in [2.05, 4.69) is 0 Å². The van der Waals surface area contributed by atoms with Crippen LogP contribution in [-0.2, 0) is 15.7 Å². The Labute approximate surface area is 108 Å². The number of carbonyl (C=O) groups excluding carboxylic acids is 1. The highest BCUT2D eigenvalue weighted by Crippen LogP contribution is 2.34. The number of esters is 1. The fourth-order valence-corrected chi connectivity index (χ4v) is 1.79. The van der Waals surface area contributed by atoms with E-state index in [1.807, 2.05) is 0 Å². The number of alkyl halides is 3. The number of rotatable bonds is 3. The van der Waals surface area contributed by atoms with Crippen molar-refractivity contribution in [3.63, 3.8) is 0 Å². The third-order valence-corrected chi connectivity index (χ3v) is 2.76. The summed E-state index contributed by atoms with van der Waals surface area (Å²) in [6, 6.07) is 2.91. The summed E-state index contributed by atoms with van der Waals surface area (Å²) in [5.74, 6) is -1.21. The molecule has 0 heterocycles. The molecule has 0 bridgehead atoms. The minimum Gasteiger partial charge on any atom is -0.466 e. The summed E-state index contributed by atoms with van der Waals surface area (Å²) in [5.41, 5.74) is -0.518. The first kappa shape index (κ1) is 14.8. The Hall–Kier alpha value is -1.23. The molecule has 1 atom stereocenters. The van der Waals surface area contributed by atoms with E-state index in [1.54, 1.807) is 6.92 Å². The smallest absolute Gasteiger partial charge is 0.416 e. The van der Waals surface area contributed by atoms with Gasteiger partial charge in [0.25, 0.3) is 0 Å². The average molecular weight is 281 g/mol. The Bertz CT molecular complexity index is 443. The third kappa shape index (κ3) is 3.38. The molecule has 1 aromatic carbocycles. The lowest BCUT2D eigenvalue weighted by Crippen LogP contribution is -2.14. The van der Waals surface area contributed by atoms with Crippen molar-refractivity contribution >= 4 is 17.6 Å². The van der Waals surface area contributed by atoms with Gasteiger partial charge >= 0.3 is 12.1 Å². The molecule has 0 radical (unpaired) electrons. The fraction of sp³-hybridized carbons (Fsp3) is 0.417. The monoisotopic (exact) mass is 280 g/mol. The number of ether oxygens (including phenoxy) is 1. The Balaban J connectivity index is 3.02. The van der Waals surface area contributed by atoms with Crippen molar-refractivity contribution in [1.29, 1.82) is 0 Å². The topological polar surface area (TPSA) is 26.3 Å². The first-order valence-electron chi connectivity index (χ1n) is 5.30. The lowest BCUT2D eigenvalue weighted by Gasteiger charge is -2.14. The van der Waals surface area contributed by atoms with Gasteiger partial charge in [0.15, 0.2) is 0 Å². The van der Waals surface area contributed by atoms with E-state index in [9.17, 15) is 18.0 Å². The number of hydrogen-bond donors (Lipinski definition) is 0. The SMILES string of the molecule is CCOC(=O)C(C)c1ccc(C(F)(F)F)cc1Cl. The molecule has 0 saturated carbocycles. The van der Waals surface area contributed by atoms with E-state index < -0.39 is 23.6 Å². The Kier molecular flexibility index (Phi) is 4.62. The van der Waals surface area contributed by atoms with Crippen LogP contribution in [0.3, 0.4) is 0 Å². The predicted octanol–water partition coefficient (Wildman–Crippen LogP) is 4.03.